The molecule has 1 aliphatic rings. The van der Waals surface area contributed by atoms with E-state index >= 15 is 0 Å². The normalized spacial score (nSPS) is 20.0. The SMILES string of the molecule is CCN1CCCC(OC(=O)Nc2ccccc2Cl)C1. The zero-order valence-electron chi connectivity index (χ0n) is 11.1. The van der Waals surface area contributed by atoms with Crippen molar-refractivity contribution in [3.05, 3.63) is 29.3 Å². The summed E-state index contributed by atoms with van der Waals surface area (Å²) in [7, 11) is 0. The lowest BCUT2D eigenvalue weighted by atomic mass is 10.1. The Morgan fingerprint density at radius 2 is 2.32 bits per heavy atom. The summed E-state index contributed by atoms with van der Waals surface area (Å²) in [6.45, 7) is 5.01. The van der Waals surface area contributed by atoms with E-state index in [1.165, 1.54) is 0 Å². The summed E-state index contributed by atoms with van der Waals surface area (Å²) in [5, 5.41) is 3.19. The summed E-state index contributed by atoms with van der Waals surface area (Å²) in [6.07, 6.45) is 1.52. The molecule has 5 heteroatoms. The number of nitrogens with zero attached hydrogens (tertiary/aromatic N) is 1. The van der Waals surface area contributed by atoms with Crippen molar-refractivity contribution in [2.75, 3.05) is 25.0 Å². The van der Waals surface area contributed by atoms with Crippen LogP contribution in [0.2, 0.25) is 5.02 Å². The number of halogens is 1. The van der Waals surface area contributed by atoms with E-state index in [1.54, 1.807) is 12.1 Å². The molecular formula is C14H19ClN2O2. The number of anilines is 1. The Bertz CT molecular complexity index is 439. The number of para-hydroxylation sites is 1. The third kappa shape index (κ3) is 4.11. The Morgan fingerprint density at radius 1 is 1.53 bits per heavy atom. The number of nitrogens with one attached hydrogen (secondary N) is 1. The van der Waals surface area contributed by atoms with Gasteiger partial charge in [0.1, 0.15) is 6.10 Å². The minimum absolute atomic E-state index is 0.0313. The first kappa shape index (κ1) is 14.2. The van der Waals surface area contributed by atoms with E-state index in [-0.39, 0.29) is 6.10 Å². The smallest absolute Gasteiger partial charge is 0.411 e. The quantitative estimate of drug-likeness (QED) is 0.924. The highest BCUT2D eigenvalue weighted by Gasteiger charge is 2.22. The van der Waals surface area contributed by atoms with Crippen LogP contribution in [0, 0.1) is 0 Å². The van der Waals surface area contributed by atoms with Gasteiger partial charge in [0.15, 0.2) is 0 Å². The van der Waals surface area contributed by atoms with Crippen molar-refractivity contribution in [3.63, 3.8) is 0 Å². The number of benzene rings is 1. The maximum atomic E-state index is 11.8. The van der Waals surface area contributed by atoms with Gasteiger partial charge >= 0.3 is 6.09 Å². The van der Waals surface area contributed by atoms with Crippen LogP contribution in [0.25, 0.3) is 0 Å². The summed E-state index contributed by atoms with van der Waals surface area (Å²) in [5.74, 6) is 0. The van der Waals surface area contributed by atoms with Crippen molar-refractivity contribution < 1.29 is 9.53 Å². The Balaban J connectivity index is 1.86. The highest BCUT2D eigenvalue weighted by Crippen LogP contribution is 2.21. The number of hydrogen-bond donors (Lipinski definition) is 1. The Morgan fingerprint density at radius 3 is 3.05 bits per heavy atom. The average Bonchev–Trinajstić information content (AvgIpc) is 2.41. The highest BCUT2D eigenvalue weighted by molar-refractivity contribution is 6.33. The minimum atomic E-state index is -0.434. The molecule has 19 heavy (non-hydrogen) atoms. The van der Waals surface area contributed by atoms with Gasteiger partial charge in [0, 0.05) is 6.54 Å². The van der Waals surface area contributed by atoms with Gasteiger partial charge < -0.3 is 4.74 Å². The summed E-state index contributed by atoms with van der Waals surface area (Å²) >= 11 is 5.98. The van der Waals surface area contributed by atoms with Crippen LogP contribution in [0.5, 0.6) is 0 Å². The van der Waals surface area contributed by atoms with Gasteiger partial charge in [-0.25, -0.2) is 4.79 Å². The second kappa shape index (κ2) is 6.78. The van der Waals surface area contributed by atoms with E-state index in [0.29, 0.717) is 10.7 Å². The summed E-state index contributed by atoms with van der Waals surface area (Å²) in [5.41, 5.74) is 0.581. The molecule has 0 radical (unpaired) electrons. The lowest BCUT2D eigenvalue weighted by Gasteiger charge is -2.31. The molecule has 0 bridgehead atoms. The lowest BCUT2D eigenvalue weighted by Crippen LogP contribution is -2.40. The van der Waals surface area contributed by atoms with Crippen LogP contribution in [0.1, 0.15) is 19.8 Å². The first-order chi connectivity index (χ1) is 9.19. The first-order valence-corrected chi connectivity index (χ1v) is 7.01. The molecule has 104 valence electrons. The molecule has 1 aliphatic heterocycles. The molecule has 2 rings (SSSR count). The van der Waals surface area contributed by atoms with Gasteiger partial charge in [-0.3, -0.25) is 10.2 Å². The van der Waals surface area contributed by atoms with Gasteiger partial charge in [0.2, 0.25) is 0 Å². The topological polar surface area (TPSA) is 41.6 Å². The van der Waals surface area contributed by atoms with Crippen molar-refractivity contribution in [1.82, 2.24) is 4.90 Å². The molecule has 1 aromatic rings. The third-order valence-electron chi connectivity index (χ3n) is 3.29. The predicted molar refractivity (Wildman–Crippen MR) is 76.7 cm³/mol. The maximum Gasteiger partial charge on any atom is 0.411 e. The van der Waals surface area contributed by atoms with E-state index in [4.69, 9.17) is 16.3 Å². The third-order valence-corrected chi connectivity index (χ3v) is 3.62. The van der Waals surface area contributed by atoms with E-state index in [2.05, 4.69) is 17.1 Å². The number of hydrogen-bond acceptors (Lipinski definition) is 3. The van der Waals surface area contributed by atoms with Crippen LogP contribution >= 0.6 is 11.6 Å². The van der Waals surface area contributed by atoms with Gasteiger partial charge in [-0.05, 0) is 38.1 Å². The lowest BCUT2D eigenvalue weighted by molar-refractivity contribution is 0.0520. The van der Waals surface area contributed by atoms with Crippen molar-refractivity contribution >= 4 is 23.4 Å². The van der Waals surface area contributed by atoms with Crippen LogP contribution in [0.15, 0.2) is 24.3 Å². The Hall–Kier alpha value is -1.26. The van der Waals surface area contributed by atoms with Crippen LogP contribution in [-0.2, 0) is 4.74 Å². The van der Waals surface area contributed by atoms with Crippen LogP contribution in [0.4, 0.5) is 10.5 Å². The zero-order chi connectivity index (χ0) is 13.7. The number of piperidine rings is 1. The zero-order valence-corrected chi connectivity index (χ0v) is 11.8. The number of carbonyl (C=O) groups excluding carboxylic acids is 1. The van der Waals surface area contributed by atoms with Crippen molar-refractivity contribution in [3.8, 4) is 0 Å². The monoisotopic (exact) mass is 282 g/mol. The number of ether oxygens (including phenoxy) is 1. The molecule has 0 aliphatic carbocycles. The largest absolute Gasteiger partial charge is 0.445 e. The van der Waals surface area contributed by atoms with Crippen LogP contribution in [0.3, 0.4) is 0 Å². The number of likely N-dealkylation sites (tertiary alicyclic amines) is 1. The molecule has 1 atom stereocenters. The van der Waals surface area contributed by atoms with Gasteiger partial charge in [-0.2, -0.15) is 0 Å². The van der Waals surface area contributed by atoms with Gasteiger partial charge in [0.05, 0.1) is 10.7 Å². The molecule has 1 fully saturated rings. The van der Waals surface area contributed by atoms with E-state index in [1.807, 2.05) is 12.1 Å². The predicted octanol–water partition coefficient (Wildman–Crippen LogP) is 3.37. The number of carbonyl (C=O) groups is 1. The minimum Gasteiger partial charge on any atom is -0.445 e. The standard InChI is InChI=1S/C14H19ClN2O2/c1-2-17-9-5-6-11(10-17)19-14(18)16-13-8-4-3-7-12(13)15/h3-4,7-8,11H,2,5-6,9-10H2,1H3,(H,16,18). The molecule has 0 aromatic heterocycles. The molecule has 1 saturated heterocycles. The fraction of sp³-hybridized carbons (Fsp3) is 0.500. The molecule has 1 aromatic carbocycles. The van der Waals surface area contributed by atoms with Crippen molar-refractivity contribution in [1.29, 1.82) is 0 Å². The Kier molecular flexibility index (Phi) is 5.05. The van der Waals surface area contributed by atoms with E-state index in [0.717, 1.165) is 32.5 Å². The second-order valence-electron chi connectivity index (χ2n) is 4.67. The molecule has 1 N–H and O–H groups in total. The fourth-order valence-electron chi connectivity index (χ4n) is 2.25. The molecule has 1 unspecified atom stereocenters. The number of rotatable bonds is 3. The summed E-state index contributed by atoms with van der Waals surface area (Å²) in [6, 6.07) is 7.12. The number of likely N-dealkylation sites (N-methyl/N-ethyl adjacent to an activating group) is 1. The van der Waals surface area contributed by atoms with Gasteiger partial charge in [0.25, 0.3) is 0 Å². The molecule has 0 saturated carbocycles. The molecule has 0 spiro atoms. The molecule has 1 heterocycles. The van der Waals surface area contributed by atoms with E-state index in [9.17, 15) is 4.79 Å². The molecular weight excluding hydrogens is 264 g/mol. The fourth-order valence-corrected chi connectivity index (χ4v) is 2.43. The van der Waals surface area contributed by atoms with Gasteiger partial charge in [-0.1, -0.05) is 30.7 Å². The molecule has 4 nitrogen and oxygen atoms in total. The number of amides is 1. The van der Waals surface area contributed by atoms with Crippen molar-refractivity contribution in [2.24, 2.45) is 0 Å². The molecule has 1 amide bonds. The maximum absolute atomic E-state index is 11.8. The first-order valence-electron chi connectivity index (χ1n) is 6.63. The van der Waals surface area contributed by atoms with Gasteiger partial charge in [-0.15, -0.1) is 0 Å². The Labute approximate surface area is 118 Å². The summed E-state index contributed by atoms with van der Waals surface area (Å²) in [4.78, 5) is 14.1. The average molecular weight is 283 g/mol. The highest BCUT2D eigenvalue weighted by atomic mass is 35.5. The van der Waals surface area contributed by atoms with Crippen LogP contribution < -0.4 is 5.32 Å². The van der Waals surface area contributed by atoms with E-state index < -0.39 is 6.09 Å². The van der Waals surface area contributed by atoms with Crippen LogP contribution in [-0.4, -0.2) is 36.7 Å². The summed E-state index contributed by atoms with van der Waals surface area (Å²) < 4.78 is 5.43. The second-order valence-corrected chi connectivity index (χ2v) is 5.07. The van der Waals surface area contributed by atoms with Crippen molar-refractivity contribution in [2.45, 2.75) is 25.9 Å².